The van der Waals surface area contributed by atoms with Crippen LogP contribution in [0.5, 0.6) is 11.5 Å². The Bertz CT molecular complexity index is 1360. The lowest BCUT2D eigenvalue weighted by Gasteiger charge is -2.34. The first kappa shape index (κ1) is 30.3. The van der Waals surface area contributed by atoms with Crippen LogP contribution in [0.1, 0.15) is 51.9 Å². The van der Waals surface area contributed by atoms with Crippen molar-refractivity contribution >= 4 is 23.4 Å². The summed E-state index contributed by atoms with van der Waals surface area (Å²) in [5, 5.41) is 6.26. The number of likely N-dealkylation sites (N-methyl/N-ethyl adjacent to an activating group) is 1. The summed E-state index contributed by atoms with van der Waals surface area (Å²) in [5.41, 5.74) is -0.555. The molecule has 1 aliphatic carbocycles. The highest BCUT2D eigenvalue weighted by Crippen LogP contribution is 2.55. The van der Waals surface area contributed by atoms with Gasteiger partial charge in [0.25, 0.3) is 0 Å². The average molecular weight is 601 g/mol. The number of benzene rings is 2. The lowest BCUT2D eigenvalue weighted by molar-refractivity contribution is -0.141. The van der Waals surface area contributed by atoms with Gasteiger partial charge in [-0.2, -0.15) is 0 Å². The number of likely N-dealkylation sites (tertiary alicyclic amines) is 1. The fourth-order valence-corrected chi connectivity index (χ4v) is 7.31. The third kappa shape index (κ3) is 6.00. The summed E-state index contributed by atoms with van der Waals surface area (Å²) in [5.74, 6) is -0.771. The van der Waals surface area contributed by atoms with E-state index >= 15 is 0 Å². The third-order valence-corrected chi connectivity index (χ3v) is 9.59. The molecule has 4 aliphatic rings. The maximum atomic E-state index is 14.2. The summed E-state index contributed by atoms with van der Waals surface area (Å²) in [4.78, 5) is 45.9. The van der Waals surface area contributed by atoms with Gasteiger partial charge < -0.3 is 29.9 Å². The predicted octanol–water partition coefficient (Wildman–Crippen LogP) is 4.75. The van der Waals surface area contributed by atoms with Crippen molar-refractivity contribution in [1.82, 2.24) is 15.1 Å². The highest BCUT2D eigenvalue weighted by Gasteiger charge is 2.72. The largest absolute Gasteiger partial charge is 0.457 e. The maximum absolute atomic E-state index is 14.2. The summed E-state index contributed by atoms with van der Waals surface area (Å²) in [6.07, 6.45) is 10.6. The molecule has 0 unspecified atom stereocenters. The van der Waals surface area contributed by atoms with Gasteiger partial charge >= 0.3 is 0 Å². The lowest BCUT2D eigenvalue weighted by atomic mass is 9.74. The summed E-state index contributed by atoms with van der Waals surface area (Å²) >= 11 is 0. The molecule has 3 fully saturated rings. The normalized spacial score (nSPS) is 27.5. The zero-order chi connectivity index (χ0) is 30.7. The minimum Gasteiger partial charge on any atom is -0.457 e. The smallest absolute Gasteiger partial charge is 0.246 e. The third-order valence-electron chi connectivity index (χ3n) is 9.59. The number of carbonyl (C=O) groups excluding carboxylic acids is 3. The van der Waals surface area contributed by atoms with E-state index in [2.05, 4.69) is 22.5 Å². The summed E-state index contributed by atoms with van der Waals surface area (Å²) < 4.78 is 12.4. The van der Waals surface area contributed by atoms with Crippen molar-refractivity contribution in [3.05, 3.63) is 66.7 Å². The Morgan fingerprint density at radius 2 is 1.73 bits per heavy atom. The number of hydrogen-bond acceptors (Lipinski definition) is 6. The summed E-state index contributed by atoms with van der Waals surface area (Å²) in [6.45, 7) is 4.12. The molecule has 0 aromatic heterocycles. The van der Waals surface area contributed by atoms with Crippen LogP contribution in [-0.4, -0.2) is 78.0 Å². The van der Waals surface area contributed by atoms with Crippen LogP contribution >= 0.6 is 0 Å². The van der Waals surface area contributed by atoms with Crippen LogP contribution in [0.2, 0.25) is 0 Å². The topological polar surface area (TPSA) is 100 Å². The first-order chi connectivity index (χ1) is 21.4. The second-order valence-corrected chi connectivity index (χ2v) is 12.7. The maximum Gasteiger partial charge on any atom is 0.246 e. The molecule has 6 rings (SSSR count). The second kappa shape index (κ2) is 13.1. The number of unbranched alkanes of at least 4 members (excludes halogenated alkanes) is 1. The molecule has 2 aromatic carbocycles. The fraction of sp³-hybridized carbons (Fsp3) is 0.514. The van der Waals surface area contributed by atoms with Gasteiger partial charge in [0.2, 0.25) is 17.7 Å². The van der Waals surface area contributed by atoms with Crippen molar-refractivity contribution in [3.63, 3.8) is 0 Å². The van der Waals surface area contributed by atoms with Gasteiger partial charge in [0.1, 0.15) is 23.1 Å². The number of para-hydroxylation sites is 1. The van der Waals surface area contributed by atoms with Crippen LogP contribution in [0.15, 0.2) is 66.7 Å². The molecule has 2 saturated heterocycles. The van der Waals surface area contributed by atoms with E-state index in [1.807, 2.05) is 49.5 Å². The van der Waals surface area contributed by atoms with Gasteiger partial charge in [-0.05, 0) is 69.3 Å². The van der Waals surface area contributed by atoms with Crippen molar-refractivity contribution in [3.8, 4) is 11.5 Å². The van der Waals surface area contributed by atoms with Crippen molar-refractivity contribution in [1.29, 1.82) is 0 Å². The monoisotopic (exact) mass is 600 g/mol. The number of amides is 3. The van der Waals surface area contributed by atoms with Crippen LogP contribution in [-0.2, 0) is 19.1 Å². The van der Waals surface area contributed by atoms with Crippen molar-refractivity contribution < 1.29 is 23.9 Å². The minimum atomic E-state index is -1.15. The average Bonchev–Trinajstić information content (AvgIpc) is 3.68. The number of nitrogens with zero attached hydrogens (tertiary/aromatic N) is 2. The Kier molecular flexibility index (Phi) is 9.05. The molecule has 1 spiro atoms. The molecule has 234 valence electrons. The Morgan fingerprint density at radius 3 is 2.45 bits per heavy atom. The highest BCUT2D eigenvalue weighted by atomic mass is 16.5. The number of hydrogen-bond donors (Lipinski definition) is 2. The molecule has 2 aromatic rings. The van der Waals surface area contributed by atoms with Crippen molar-refractivity contribution in [2.75, 3.05) is 32.0 Å². The quantitative estimate of drug-likeness (QED) is 0.341. The molecule has 3 amide bonds. The molecular formula is C35H44N4O5. The molecule has 9 heteroatoms. The Labute approximate surface area is 260 Å². The number of carbonyl (C=O) groups is 3. The van der Waals surface area contributed by atoms with E-state index in [1.54, 1.807) is 29.2 Å². The predicted molar refractivity (Wildman–Crippen MR) is 168 cm³/mol. The van der Waals surface area contributed by atoms with E-state index in [4.69, 9.17) is 9.47 Å². The van der Waals surface area contributed by atoms with Crippen LogP contribution < -0.4 is 15.4 Å². The molecule has 1 saturated carbocycles. The standard InChI is InChI=1S/C35H44N4O5/c1-3-4-21-38(2)22-23-39-31(33(41)37-24-11-7-5-8-12-24)35-20-19-28(44-35)29(30(35)34(39)42)32(40)36-25-15-17-27(18-16-25)43-26-13-9-6-10-14-26/h6,9-10,13-20,24,28-31H,3-5,7-8,11-12,21-23H2,1-2H3,(H,36,40)(H,37,41)/t28-,29+,30-,31+,35+/m1/s1. The molecule has 2 N–H and O–H groups in total. The number of fused-ring (bicyclic) bond motifs is 1. The van der Waals surface area contributed by atoms with Gasteiger partial charge in [0.15, 0.2) is 0 Å². The van der Waals surface area contributed by atoms with E-state index < -0.39 is 29.6 Å². The van der Waals surface area contributed by atoms with Crippen LogP contribution in [0.4, 0.5) is 5.69 Å². The van der Waals surface area contributed by atoms with Gasteiger partial charge in [-0.1, -0.05) is 63.0 Å². The SMILES string of the molecule is CCCCN(C)CCN1C(=O)[C@H]2[C@@H](C(=O)Nc3ccc(Oc4ccccc4)cc3)[C@H]3C=C[C@@]2(O3)[C@@H]1C(=O)NC1CCCCC1. The Morgan fingerprint density at radius 1 is 1.00 bits per heavy atom. The van der Waals surface area contributed by atoms with Gasteiger partial charge in [-0.25, -0.2) is 0 Å². The number of ether oxygens (including phenoxy) is 2. The van der Waals surface area contributed by atoms with Crippen LogP contribution in [0.3, 0.4) is 0 Å². The highest BCUT2D eigenvalue weighted by molar-refractivity contribution is 6.02. The van der Waals surface area contributed by atoms with Crippen molar-refractivity contribution in [2.24, 2.45) is 11.8 Å². The molecule has 3 aliphatic heterocycles. The Hall–Kier alpha value is -3.69. The summed E-state index contributed by atoms with van der Waals surface area (Å²) in [6, 6.07) is 15.9. The zero-order valence-corrected chi connectivity index (χ0v) is 25.7. The first-order valence-electron chi connectivity index (χ1n) is 16.2. The second-order valence-electron chi connectivity index (χ2n) is 12.7. The molecule has 9 nitrogen and oxygen atoms in total. The minimum absolute atomic E-state index is 0.103. The van der Waals surface area contributed by atoms with E-state index in [-0.39, 0.29) is 23.8 Å². The van der Waals surface area contributed by atoms with E-state index in [1.165, 1.54) is 6.42 Å². The van der Waals surface area contributed by atoms with E-state index in [0.717, 1.165) is 50.8 Å². The molecule has 44 heavy (non-hydrogen) atoms. The fourth-order valence-electron chi connectivity index (χ4n) is 7.31. The number of anilines is 1. The molecule has 5 atom stereocenters. The zero-order valence-electron chi connectivity index (χ0n) is 25.7. The number of rotatable bonds is 12. The lowest BCUT2D eigenvalue weighted by Crippen LogP contribution is -2.57. The summed E-state index contributed by atoms with van der Waals surface area (Å²) in [7, 11) is 2.04. The number of nitrogens with one attached hydrogen (secondary N) is 2. The van der Waals surface area contributed by atoms with Gasteiger partial charge in [0.05, 0.1) is 17.9 Å². The van der Waals surface area contributed by atoms with Crippen LogP contribution in [0.25, 0.3) is 0 Å². The first-order valence-corrected chi connectivity index (χ1v) is 16.2. The Balaban J connectivity index is 1.20. The van der Waals surface area contributed by atoms with Gasteiger partial charge in [-0.3, -0.25) is 14.4 Å². The van der Waals surface area contributed by atoms with Gasteiger partial charge in [0, 0.05) is 24.8 Å². The molecule has 2 bridgehead atoms. The molecular weight excluding hydrogens is 556 g/mol. The molecule has 0 radical (unpaired) electrons. The van der Waals surface area contributed by atoms with Crippen molar-refractivity contribution in [2.45, 2.75) is 75.7 Å². The van der Waals surface area contributed by atoms with E-state index in [9.17, 15) is 14.4 Å². The molecule has 3 heterocycles. The van der Waals surface area contributed by atoms with Gasteiger partial charge in [-0.15, -0.1) is 0 Å². The van der Waals surface area contributed by atoms with E-state index in [0.29, 0.717) is 24.5 Å². The van der Waals surface area contributed by atoms with Crippen LogP contribution in [0, 0.1) is 11.8 Å².